The van der Waals surface area contributed by atoms with Gasteiger partial charge < -0.3 is 42.4 Å². The number of amides is 5. The molecule has 17 heteroatoms. The Morgan fingerprint density at radius 3 is 2.16 bits per heavy atom. The highest BCUT2D eigenvalue weighted by atomic mass is 31.2. The fraction of sp³-hybridized carbons (Fsp3) is 0.370. The molecule has 1 fully saturated rings. The van der Waals surface area contributed by atoms with Gasteiger partial charge in [-0.05, 0) is 36.1 Å². The average molecular weight is 635 g/mol. The summed E-state index contributed by atoms with van der Waals surface area (Å²) in [5, 5.41) is 7.58. The van der Waals surface area contributed by atoms with E-state index in [-0.39, 0.29) is 37.3 Å². The van der Waals surface area contributed by atoms with Gasteiger partial charge in [-0.1, -0.05) is 49.2 Å². The number of phosphoric ester groups is 1. The van der Waals surface area contributed by atoms with E-state index in [1.165, 1.54) is 18.2 Å². The molecule has 16 nitrogen and oxygen atoms in total. The van der Waals surface area contributed by atoms with Gasteiger partial charge in [-0.15, -0.1) is 0 Å². The first-order chi connectivity index (χ1) is 20.7. The van der Waals surface area contributed by atoms with E-state index in [4.69, 9.17) is 31.7 Å². The van der Waals surface area contributed by atoms with Crippen LogP contribution in [0.5, 0.6) is 5.75 Å². The molecule has 2 atom stereocenters. The Balaban J connectivity index is 1.83. The lowest BCUT2D eigenvalue weighted by molar-refractivity contribution is -0.136. The summed E-state index contributed by atoms with van der Waals surface area (Å²) in [5.74, 6) is -3.67. The molecule has 0 radical (unpaired) electrons. The Morgan fingerprint density at radius 1 is 0.932 bits per heavy atom. The monoisotopic (exact) mass is 634 g/mol. The second-order valence-electron chi connectivity index (χ2n) is 10.3. The van der Waals surface area contributed by atoms with Crippen LogP contribution < -0.4 is 37.7 Å². The number of rotatable bonds is 14. The smallest absolute Gasteiger partial charge is 0.445 e. The zero-order valence-corrected chi connectivity index (χ0v) is 24.5. The number of nitrogen functional groups attached to an aromatic ring is 1. The summed E-state index contributed by atoms with van der Waals surface area (Å²) in [6.07, 6.45) is -0.164. The highest BCUT2D eigenvalue weighted by molar-refractivity contribution is 7.46. The number of nitrogens with two attached hydrogens (primary N) is 3. The zero-order chi connectivity index (χ0) is 32.5. The van der Waals surface area contributed by atoms with Gasteiger partial charge in [0.25, 0.3) is 0 Å². The molecule has 0 bridgehead atoms. The number of nitrogens with one attached hydrogen (secondary N) is 3. The lowest BCUT2D eigenvalue weighted by Crippen LogP contribution is -2.63. The van der Waals surface area contributed by atoms with Crippen LogP contribution >= 0.6 is 7.82 Å². The molecule has 1 saturated carbocycles. The van der Waals surface area contributed by atoms with Gasteiger partial charge >= 0.3 is 13.9 Å². The molecule has 238 valence electrons. The third kappa shape index (κ3) is 9.97. The number of hydrogen-bond acceptors (Lipinski definition) is 9. The summed E-state index contributed by atoms with van der Waals surface area (Å²) in [6, 6.07) is 9.96. The van der Waals surface area contributed by atoms with E-state index in [1.807, 2.05) is 0 Å². The number of ether oxygens (including phenoxy) is 1. The van der Waals surface area contributed by atoms with Crippen molar-refractivity contribution in [3.05, 3.63) is 59.7 Å². The Morgan fingerprint density at radius 2 is 1.59 bits per heavy atom. The molecule has 5 amide bonds. The van der Waals surface area contributed by atoms with E-state index in [0.29, 0.717) is 24.0 Å². The molecular formula is C27H35N6O10P. The van der Waals surface area contributed by atoms with E-state index in [2.05, 4.69) is 20.5 Å². The lowest BCUT2D eigenvalue weighted by atomic mass is 9.94. The van der Waals surface area contributed by atoms with Gasteiger partial charge in [-0.25, -0.2) is 9.36 Å². The number of phosphoric acid groups is 1. The van der Waals surface area contributed by atoms with Crippen molar-refractivity contribution in [2.45, 2.75) is 62.8 Å². The maximum absolute atomic E-state index is 13.7. The topological polar surface area (TPSA) is 275 Å². The number of hydrogen-bond donors (Lipinski definition) is 8. The van der Waals surface area contributed by atoms with Gasteiger partial charge in [0, 0.05) is 6.42 Å². The van der Waals surface area contributed by atoms with Gasteiger partial charge in [0.2, 0.25) is 23.6 Å². The first kappa shape index (κ1) is 33.8. The fourth-order valence-corrected chi connectivity index (χ4v) is 5.14. The molecule has 2 aromatic carbocycles. The minimum Gasteiger partial charge on any atom is -0.445 e. The first-order valence-electron chi connectivity index (χ1n) is 13.5. The predicted octanol–water partition coefficient (Wildman–Crippen LogP) is -0.148. The van der Waals surface area contributed by atoms with Crippen LogP contribution in [0, 0.1) is 0 Å². The van der Waals surface area contributed by atoms with Crippen LogP contribution in [0.25, 0.3) is 0 Å². The second kappa shape index (κ2) is 14.7. The minimum absolute atomic E-state index is 0.0942. The molecule has 0 aliphatic heterocycles. The summed E-state index contributed by atoms with van der Waals surface area (Å²) >= 11 is 0. The van der Waals surface area contributed by atoms with Crippen molar-refractivity contribution in [1.82, 2.24) is 16.0 Å². The molecule has 0 spiro atoms. The predicted molar refractivity (Wildman–Crippen MR) is 155 cm³/mol. The maximum atomic E-state index is 13.7. The Bertz CT molecular complexity index is 1430. The number of carbonyl (C=O) groups is 5. The highest BCUT2D eigenvalue weighted by Crippen LogP contribution is 2.40. The molecule has 2 aromatic rings. The number of benzene rings is 2. The van der Waals surface area contributed by atoms with E-state index in [0.717, 1.165) is 0 Å². The van der Waals surface area contributed by atoms with Gasteiger partial charge in [0.15, 0.2) is 5.75 Å². The lowest BCUT2D eigenvalue weighted by Gasteiger charge is -2.32. The molecular weight excluding hydrogens is 599 g/mol. The van der Waals surface area contributed by atoms with Crippen molar-refractivity contribution < 1.29 is 47.6 Å². The molecule has 1 aliphatic rings. The largest absolute Gasteiger partial charge is 0.524 e. The van der Waals surface area contributed by atoms with E-state index < -0.39 is 61.6 Å². The number of alkyl carbamates (subject to hydrolysis) is 1. The number of primary amides is 2. The normalized spacial score (nSPS) is 15.3. The Hall–Kier alpha value is -4.66. The minimum atomic E-state index is -4.89. The van der Waals surface area contributed by atoms with Crippen LogP contribution in [0.3, 0.4) is 0 Å². The molecule has 0 aromatic heterocycles. The van der Waals surface area contributed by atoms with Crippen molar-refractivity contribution in [3.8, 4) is 5.75 Å². The Kier molecular flexibility index (Phi) is 11.3. The maximum Gasteiger partial charge on any atom is 0.524 e. The highest BCUT2D eigenvalue weighted by Gasteiger charge is 2.45. The van der Waals surface area contributed by atoms with Gasteiger partial charge in [0.1, 0.15) is 24.2 Å². The summed E-state index contributed by atoms with van der Waals surface area (Å²) in [4.78, 5) is 81.2. The molecule has 0 unspecified atom stereocenters. The molecule has 0 heterocycles. The summed E-state index contributed by atoms with van der Waals surface area (Å²) in [7, 11) is -4.89. The zero-order valence-electron chi connectivity index (χ0n) is 23.6. The summed E-state index contributed by atoms with van der Waals surface area (Å²) in [5.41, 5.74) is 15.8. The van der Waals surface area contributed by atoms with Crippen LogP contribution in [0.2, 0.25) is 0 Å². The van der Waals surface area contributed by atoms with E-state index in [1.54, 1.807) is 30.3 Å². The quantitative estimate of drug-likeness (QED) is 0.0999. The van der Waals surface area contributed by atoms with Crippen molar-refractivity contribution in [3.63, 3.8) is 0 Å². The van der Waals surface area contributed by atoms with Gasteiger partial charge in [-0.3, -0.25) is 29.0 Å². The molecule has 3 rings (SSSR count). The van der Waals surface area contributed by atoms with Crippen LogP contribution in [0.15, 0.2) is 48.5 Å². The third-order valence-electron chi connectivity index (χ3n) is 6.86. The van der Waals surface area contributed by atoms with Gasteiger partial charge in [-0.2, -0.15) is 0 Å². The summed E-state index contributed by atoms with van der Waals surface area (Å²) < 4.78 is 21.0. The van der Waals surface area contributed by atoms with Crippen molar-refractivity contribution in [2.75, 3.05) is 5.73 Å². The van der Waals surface area contributed by atoms with Crippen LogP contribution in [0.4, 0.5) is 10.5 Å². The fourth-order valence-electron chi connectivity index (χ4n) is 4.72. The number of carbonyl (C=O) groups excluding carboxylic acids is 5. The standard InChI is InChI=1S/C27H35N6O10P/c28-18-12-17(8-9-21(18)43-44(39,40)41)13-20(32-26(38)42-15-16-6-2-1-3-7-16)24(36)33-27(10-4-5-11-27)25(37)31-19(23(30)35)14-22(29)34/h1-3,6-9,12,19-20H,4-5,10-11,13-15,28H2,(H2,29,34)(H2,30,35)(H,31,37)(H,32,38)(H,33,36)(H2,39,40,41)/t19-,20-/m0/s1. The first-order valence-corrected chi connectivity index (χ1v) is 15.0. The van der Waals surface area contributed by atoms with Gasteiger partial charge in [0.05, 0.1) is 12.1 Å². The van der Waals surface area contributed by atoms with Crippen molar-refractivity contribution in [1.29, 1.82) is 0 Å². The van der Waals surface area contributed by atoms with Crippen molar-refractivity contribution >= 4 is 43.2 Å². The average Bonchev–Trinajstić information content (AvgIpc) is 3.42. The van der Waals surface area contributed by atoms with Crippen LogP contribution in [-0.2, 0) is 41.5 Å². The van der Waals surface area contributed by atoms with Crippen molar-refractivity contribution in [2.24, 2.45) is 11.5 Å². The summed E-state index contributed by atoms with van der Waals surface area (Å²) in [6.45, 7) is -0.0942. The van der Waals surface area contributed by atoms with E-state index in [9.17, 15) is 28.5 Å². The molecule has 44 heavy (non-hydrogen) atoms. The molecule has 1 aliphatic carbocycles. The molecule has 11 N–H and O–H groups in total. The third-order valence-corrected chi connectivity index (χ3v) is 7.30. The van der Waals surface area contributed by atoms with E-state index >= 15 is 0 Å². The second-order valence-corrected chi connectivity index (χ2v) is 11.5. The molecule has 0 saturated heterocycles. The van der Waals surface area contributed by atoms with Crippen LogP contribution in [0.1, 0.15) is 43.2 Å². The SMILES string of the molecule is NC(=O)C[C@H](NC(=O)C1(NC(=O)[C@H](Cc2ccc(OP(=O)(O)O)c(N)c2)NC(=O)OCc2ccccc2)CCCC1)C(N)=O. The Labute approximate surface area is 252 Å². The number of anilines is 1. The van der Waals surface area contributed by atoms with Crippen LogP contribution in [-0.4, -0.2) is 57.1 Å².